The number of aromatic nitrogens is 4. The van der Waals surface area contributed by atoms with Crippen molar-refractivity contribution in [3.63, 3.8) is 0 Å². The zero-order chi connectivity index (χ0) is 19.1. The Labute approximate surface area is 165 Å². The first-order valence-electron chi connectivity index (χ1n) is 8.01. The van der Waals surface area contributed by atoms with Gasteiger partial charge in [-0.15, -0.1) is 5.10 Å². The number of tetrazole rings is 1. The average Bonchev–Trinajstić information content (AvgIpc) is 3.14. The van der Waals surface area contributed by atoms with Crippen LogP contribution in [0.1, 0.15) is 15.9 Å². The molecule has 6 nitrogen and oxygen atoms in total. The van der Waals surface area contributed by atoms with Crippen molar-refractivity contribution in [1.29, 1.82) is 0 Å². The van der Waals surface area contributed by atoms with Gasteiger partial charge in [-0.2, -0.15) is 4.68 Å². The highest BCUT2D eigenvalue weighted by Gasteiger charge is 2.10. The number of ether oxygens (including phenoxy) is 1. The minimum Gasteiger partial charge on any atom is -0.449 e. The van der Waals surface area contributed by atoms with Crippen LogP contribution in [0, 0.1) is 18.8 Å². The van der Waals surface area contributed by atoms with Crippen LogP contribution in [-0.4, -0.2) is 38.5 Å². The van der Waals surface area contributed by atoms with Crippen LogP contribution in [0.2, 0.25) is 5.02 Å². The maximum Gasteiger partial charge on any atom is 0.340 e. The van der Waals surface area contributed by atoms with Gasteiger partial charge in [0, 0.05) is 0 Å². The highest BCUT2D eigenvalue weighted by atomic mass is 35.5. The fraction of sp³-hybridized carbons (Fsp3) is 0.158. The first-order valence-corrected chi connectivity index (χ1v) is 9.37. The number of esters is 1. The van der Waals surface area contributed by atoms with Crippen molar-refractivity contribution in [3.8, 4) is 17.5 Å². The predicted molar refractivity (Wildman–Crippen MR) is 104 cm³/mol. The first kappa shape index (κ1) is 19.0. The Kier molecular flexibility index (Phi) is 6.47. The summed E-state index contributed by atoms with van der Waals surface area (Å²) in [5.74, 6) is 5.70. The number of thioether (sulfide) groups is 1. The van der Waals surface area contributed by atoms with E-state index < -0.39 is 5.97 Å². The van der Waals surface area contributed by atoms with E-state index in [0.29, 0.717) is 21.5 Å². The predicted octanol–water partition coefficient (Wildman–Crippen LogP) is 3.58. The largest absolute Gasteiger partial charge is 0.449 e. The quantitative estimate of drug-likeness (QED) is 0.371. The molecule has 0 aliphatic rings. The van der Waals surface area contributed by atoms with Crippen molar-refractivity contribution in [2.75, 3.05) is 12.4 Å². The van der Waals surface area contributed by atoms with Gasteiger partial charge in [-0.3, -0.25) is 0 Å². The minimum absolute atomic E-state index is 0.00643. The number of aryl methyl sites for hydroxylation is 1. The third kappa shape index (κ3) is 5.09. The average molecular weight is 399 g/mol. The molecular weight excluding hydrogens is 384 g/mol. The molecule has 0 saturated heterocycles. The van der Waals surface area contributed by atoms with E-state index >= 15 is 0 Å². The lowest BCUT2D eigenvalue weighted by Gasteiger charge is -2.03. The van der Waals surface area contributed by atoms with Gasteiger partial charge in [-0.1, -0.05) is 65.0 Å². The molecule has 1 heterocycles. The molecule has 0 radical (unpaired) electrons. The Morgan fingerprint density at radius 2 is 1.96 bits per heavy atom. The van der Waals surface area contributed by atoms with Gasteiger partial charge in [0.1, 0.15) is 0 Å². The summed E-state index contributed by atoms with van der Waals surface area (Å²) in [5.41, 5.74) is 2.38. The number of rotatable bonds is 5. The molecule has 0 aliphatic heterocycles. The second-order valence-corrected chi connectivity index (χ2v) is 6.76. The molecule has 3 aromatic rings. The molecular formula is C19H15ClN4O2S. The number of benzene rings is 2. The van der Waals surface area contributed by atoms with Gasteiger partial charge < -0.3 is 4.74 Å². The molecule has 0 N–H and O–H groups in total. The summed E-state index contributed by atoms with van der Waals surface area (Å²) < 4.78 is 6.75. The van der Waals surface area contributed by atoms with Crippen LogP contribution in [0.15, 0.2) is 53.7 Å². The highest BCUT2D eigenvalue weighted by molar-refractivity contribution is 7.99. The van der Waals surface area contributed by atoms with Gasteiger partial charge >= 0.3 is 5.97 Å². The highest BCUT2D eigenvalue weighted by Crippen LogP contribution is 2.18. The lowest BCUT2D eigenvalue weighted by Crippen LogP contribution is -2.05. The summed E-state index contributed by atoms with van der Waals surface area (Å²) in [5, 5.41) is 12.7. The third-order valence-corrected chi connectivity index (χ3v) is 4.62. The molecule has 2 aromatic carbocycles. The Bertz CT molecular complexity index is 993. The minimum atomic E-state index is -0.495. The normalized spacial score (nSPS) is 10.1. The molecule has 0 bridgehead atoms. The smallest absolute Gasteiger partial charge is 0.340 e. The maximum absolute atomic E-state index is 11.9. The van der Waals surface area contributed by atoms with Gasteiger partial charge in [-0.25, -0.2) is 4.79 Å². The van der Waals surface area contributed by atoms with E-state index in [4.69, 9.17) is 16.3 Å². The van der Waals surface area contributed by atoms with Crippen molar-refractivity contribution >= 4 is 29.3 Å². The van der Waals surface area contributed by atoms with Crippen LogP contribution in [0.3, 0.4) is 0 Å². The van der Waals surface area contributed by atoms with Crippen LogP contribution in [0.25, 0.3) is 5.69 Å². The van der Waals surface area contributed by atoms with Crippen molar-refractivity contribution in [2.45, 2.75) is 12.1 Å². The van der Waals surface area contributed by atoms with Gasteiger partial charge in [0.25, 0.3) is 0 Å². The molecule has 0 atom stereocenters. The Morgan fingerprint density at radius 3 is 2.74 bits per heavy atom. The van der Waals surface area contributed by atoms with E-state index in [9.17, 15) is 4.79 Å². The number of carbonyl (C=O) groups is 1. The second-order valence-electron chi connectivity index (χ2n) is 5.41. The van der Waals surface area contributed by atoms with Crippen LogP contribution in [-0.2, 0) is 4.74 Å². The van der Waals surface area contributed by atoms with Crippen molar-refractivity contribution in [2.24, 2.45) is 0 Å². The van der Waals surface area contributed by atoms with Crippen molar-refractivity contribution in [1.82, 2.24) is 20.2 Å². The van der Waals surface area contributed by atoms with E-state index in [2.05, 4.69) is 27.4 Å². The lowest BCUT2D eigenvalue weighted by molar-refractivity contribution is 0.0557. The fourth-order valence-corrected chi connectivity index (χ4v) is 3.00. The number of nitrogens with zero attached hydrogens (tertiary/aromatic N) is 4. The number of halogens is 1. The zero-order valence-corrected chi connectivity index (χ0v) is 16.0. The molecule has 0 saturated carbocycles. The van der Waals surface area contributed by atoms with Crippen LogP contribution in [0.4, 0.5) is 0 Å². The standard InChI is InChI=1S/C19H15ClN4O2S/c1-14-8-10-15(11-9-14)24-19(21-22-23-24)27-13-5-4-12-26-18(25)16-6-2-3-7-17(16)20/h2-3,6-11H,12-13H2,1H3. The maximum atomic E-state index is 11.9. The number of hydrogen-bond donors (Lipinski definition) is 0. The summed E-state index contributed by atoms with van der Waals surface area (Å²) in [4.78, 5) is 11.9. The third-order valence-electron chi connectivity index (χ3n) is 3.49. The summed E-state index contributed by atoms with van der Waals surface area (Å²) in [7, 11) is 0. The molecule has 136 valence electrons. The number of hydrogen-bond acceptors (Lipinski definition) is 6. The molecule has 27 heavy (non-hydrogen) atoms. The van der Waals surface area contributed by atoms with E-state index in [1.807, 2.05) is 31.2 Å². The molecule has 1 aromatic heterocycles. The molecule has 0 fully saturated rings. The number of carbonyl (C=O) groups excluding carboxylic acids is 1. The van der Waals surface area contributed by atoms with Crippen LogP contribution >= 0.6 is 23.4 Å². The first-order chi connectivity index (χ1) is 13.1. The molecule has 3 rings (SSSR count). The van der Waals surface area contributed by atoms with E-state index in [0.717, 1.165) is 5.69 Å². The molecule has 0 aliphatic carbocycles. The van der Waals surface area contributed by atoms with Crippen molar-refractivity contribution in [3.05, 3.63) is 64.7 Å². The van der Waals surface area contributed by atoms with E-state index in [-0.39, 0.29) is 6.61 Å². The Hall–Kier alpha value is -2.82. The monoisotopic (exact) mass is 398 g/mol. The molecule has 0 spiro atoms. The zero-order valence-electron chi connectivity index (χ0n) is 14.4. The lowest BCUT2D eigenvalue weighted by atomic mass is 10.2. The van der Waals surface area contributed by atoms with Crippen LogP contribution < -0.4 is 0 Å². The fourth-order valence-electron chi connectivity index (χ4n) is 2.13. The Morgan fingerprint density at radius 1 is 1.19 bits per heavy atom. The van der Waals surface area contributed by atoms with Gasteiger partial charge in [0.05, 0.1) is 22.0 Å². The van der Waals surface area contributed by atoms with E-state index in [1.54, 1.807) is 28.9 Å². The summed E-state index contributed by atoms with van der Waals surface area (Å²) in [6.45, 7) is 2.01. The summed E-state index contributed by atoms with van der Waals surface area (Å²) in [6.07, 6.45) is 0. The molecule has 0 unspecified atom stereocenters. The van der Waals surface area contributed by atoms with Crippen molar-refractivity contribution < 1.29 is 9.53 Å². The summed E-state index contributed by atoms with van der Waals surface area (Å²) in [6, 6.07) is 14.6. The molecule has 8 heteroatoms. The molecule has 0 amide bonds. The van der Waals surface area contributed by atoms with Crippen LogP contribution in [0.5, 0.6) is 0 Å². The topological polar surface area (TPSA) is 69.9 Å². The SMILES string of the molecule is Cc1ccc(-n2nnnc2SCC#CCOC(=O)c2ccccc2Cl)cc1. The van der Waals surface area contributed by atoms with Gasteiger partial charge in [0.2, 0.25) is 5.16 Å². The van der Waals surface area contributed by atoms with Gasteiger partial charge in [-0.05, 0) is 41.6 Å². The Balaban J connectivity index is 1.50. The van der Waals surface area contributed by atoms with Gasteiger partial charge in [0.15, 0.2) is 6.61 Å². The second kappa shape index (κ2) is 9.21. The summed E-state index contributed by atoms with van der Waals surface area (Å²) >= 11 is 7.35. The van der Waals surface area contributed by atoms with E-state index in [1.165, 1.54) is 17.3 Å².